The molecule has 3 N–H and O–H groups in total. The number of nitrogens with two attached hydrogens (primary N) is 1. The molecule has 166 valence electrons. The number of para-hydroxylation sites is 2. The van der Waals surface area contributed by atoms with Gasteiger partial charge in [0.25, 0.3) is 0 Å². The van der Waals surface area contributed by atoms with Crippen LogP contribution in [0.25, 0.3) is 11.0 Å². The van der Waals surface area contributed by atoms with Crippen LogP contribution in [0.4, 0.5) is 5.95 Å². The molecule has 1 aliphatic rings. The van der Waals surface area contributed by atoms with Crippen LogP contribution in [0.15, 0.2) is 36.4 Å². The predicted molar refractivity (Wildman–Crippen MR) is 126 cm³/mol. The van der Waals surface area contributed by atoms with Gasteiger partial charge in [0.2, 0.25) is 5.95 Å². The van der Waals surface area contributed by atoms with Crippen molar-refractivity contribution in [3.8, 4) is 5.75 Å². The molecule has 1 aromatic carbocycles. The van der Waals surface area contributed by atoms with Crippen molar-refractivity contribution in [2.45, 2.75) is 52.2 Å². The van der Waals surface area contributed by atoms with Crippen LogP contribution < -0.4 is 15.8 Å². The van der Waals surface area contributed by atoms with Crippen molar-refractivity contribution in [2.24, 2.45) is 5.73 Å². The van der Waals surface area contributed by atoms with Gasteiger partial charge in [0.05, 0.1) is 24.2 Å². The fraction of sp³-hybridized carbons (Fsp3) is 0.500. The summed E-state index contributed by atoms with van der Waals surface area (Å²) < 4.78 is 8.08. The number of nitrogens with one attached hydrogen (secondary N) is 1. The van der Waals surface area contributed by atoms with Crippen LogP contribution in [0.2, 0.25) is 0 Å². The Kier molecular flexibility index (Phi) is 6.73. The Morgan fingerprint density at radius 1 is 1.16 bits per heavy atom. The number of hydrogen-bond donors (Lipinski definition) is 2. The lowest BCUT2D eigenvalue weighted by Gasteiger charge is -2.33. The summed E-state index contributed by atoms with van der Waals surface area (Å²) in [6.07, 6.45) is 2.17. The monoisotopic (exact) mass is 422 g/mol. The maximum atomic E-state index is 5.98. The van der Waals surface area contributed by atoms with Gasteiger partial charge in [-0.15, -0.1) is 0 Å². The molecule has 1 atom stereocenters. The van der Waals surface area contributed by atoms with Crippen molar-refractivity contribution in [3.05, 3.63) is 47.8 Å². The first-order valence-corrected chi connectivity index (χ1v) is 11.3. The molecule has 0 amide bonds. The number of aryl methyl sites for hydroxylation is 1. The van der Waals surface area contributed by atoms with Crippen molar-refractivity contribution < 1.29 is 4.74 Å². The molecule has 0 saturated carbocycles. The molecule has 3 aromatic rings. The zero-order valence-electron chi connectivity index (χ0n) is 18.8. The second-order valence-corrected chi connectivity index (χ2v) is 8.54. The van der Waals surface area contributed by atoms with E-state index in [1.54, 1.807) is 0 Å². The Balaban J connectivity index is 1.58. The van der Waals surface area contributed by atoms with Gasteiger partial charge in [-0.1, -0.05) is 12.1 Å². The van der Waals surface area contributed by atoms with E-state index in [1.165, 1.54) is 0 Å². The molecule has 1 fully saturated rings. The molecule has 1 aliphatic heterocycles. The average molecular weight is 423 g/mol. The minimum atomic E-state index is 0.218. The van der Waals surface area contributed by atoms with Gasteiger partial charge < -0.3 is 25.3 Å². The molecular weight excluding hydrogens is 388 g/mol. The topological polar surface area (TPSA) is 81.2 Å². The highest BCUT2D eigenvalue weighted by atomic mass is 16.5. The summed E-state index contributed by atoms with van der Waals surface area (Å²) in [7, 11) is 0. The summed E-state index contributed by atoms with van der Waals surface area (Å²) in [5.74, 6) is 1.73. The highest BCUT2D eigenvalue weighted by Crippen LogP contribution is 2.26. The number of likely N-dealkylation sites (tertiary alicyclic amines) is 1. The summed E-state index contributed by atoms with van der Waals surface area (Å²) >= 11 is 0. The van der Waals surface area contributed by atoms with Crippen LogP contribution in [0, 0.1) is 6.92 Å². The van der Waals surface area contributed by atoms with Gasteiger partial charge in [-0.05, 0) is 57.9 Å². The Labute approximate surface area is 184 Å². The van der Waals surface area contributed by atoms with E-state index in [-0.39, 0.29) is 6.04 Å². The number of imidazole rings is 1. The van der Waals surface area contributed by atoms with Gasteiger partial charge in [0.15, 0.2) is 0 Å². The van der Waals surface area contributed by atoms with Crippen molar-refractivity contribution in [1.29, 1.82) is 0 Å². The Morgan fingerprint density at radius 3 is 2.68 bits per heavy atom. The van der Waals surface area contributed by atoms with Gasteiger partial charge in [0, 0.05) is 37.4 Å². The summed E-state index contributed by atoms with van der Waals surface area (Å²) in [6, 6.07) is 12.9. The second-order valence-electron chi connectivity index (χ2n) is 8.54. The van der Waals surface area contributed by atoms with Crippen molar-refractivity contribution in [2.75, 3.05) is 31.6 Å². The molecule has 0 aliphatic carbocycles. The number of pyridine rings is 1. The number of piperidine rings is 1. The van der Waals surface area contributed by atoms with Crippen LogP contribution >= 0.6 is 0 Å². The number of anilines is 1. The minimum Gasteiger partial charge on any atom is -0.492 e. The molecular formula is C24H34N6O. The molecule has 4 rings (SSSR count). The van der Waals surface area contributed by atoms with E-state index in [1.807, 2.05) is 32.0 Å². The number of hydrogen-bond acceptors (Lipinski definition) is 6. The summed E-state index contributed by atoms with van der Waals surface area (Å²) in [6.45, 7) is 10.4. The third-order valence-corrected chi connectivity index (χ3v) is 5.80. The Morgan fingerprint density at radius 2 is 1.94 bits per heavy atom. The highest BCUT2D eigenvalue weighted by molar-refractivity contribution is 5.78. The van der Waals surface area contributed by atoms with Gasteiger partial charge >= 0.3 is 0 Å². The summed E-state index contributed by atoms with van der Waals surface area (Å²) in [5.41, 5.74) is 9.98. The lowest BCUT2D eigenvalue weighted by Crippen LogP contribution is -2.44. The molecule has 7 nitrogen and oxygen atoms in total. The molecule has 31 heavy (non-hydrogen) atoms. The van der Waals surface area contributed by atoms with Gasteiger partial charge in [0.1, 0.15) is 11.4 Å². The first kappa shape index (κ1) is 21.6. The molecule has 0 spiro atoms. The first-order chi connectivity index (χ1) is 15.0. The number of rotatable bonds is 8. The first-order valence-electron chi connectivity index (χ1n) is 11.3. The molecule has 7 heteroatoms. The highest BCUT2D eigenvalue weighted by Gasteiger charge is 2.22. The third kappa shape index (κ3) is 5.17. The maximum absolute atomic E-state index is 5.98. The van der Waals surface area contributed by atoms with Crippen LogP contribution in [0.1, 0.15) is 38.1 Å². The van der Waals surface area contributed by atoms with Crippen LogP contribution in [0.5, 0.6) is 5.75 Å². The van der Waals surface area contributed by atoms with Crippen LogP contribution in [-0.4, -0.2) is 57.8 Å². The zero-order chi connectivity index (χ0) is 21.8. The quantitative estimate of drug-likeness (QED) is 0.579. The molecule has 2 aromatic heterocycles. The number of benzene rings is 1. The Hall–Kier alpha value is -2.64. The Bertz CT molecular complexity index is 1010. The molecule has 3 heterocycles. The number of fused-ring (bicyclic) bond motifs is 1. The van der Waals surface area contributed by atoms with E-state index in [4.69, 9.17) is 20.4 Å². The van der Waals surface area contributed by atoms with E-state index in [9.17, 15) is 0 Å². The van der Waals surface area contributed by atoms with Gasteiger partial charge in [-0.3, -0.25) is 4.98 Å². The SMILES string of the molecule is CCOc1ccc(C)nc1Cn1c(NC2CCN(CC(C)N)CC2)nc2ccccc21. The summed E-state index contributed by atoms with van der Waals surface area (Å²) in [5, 5.41) is 3.72. The van der Waals surface area contributed by atoms with Gasteiger partial charge in [-0.2, -0.15) is 0 Å². The molecule has 1 saturated heterocycles. The van der Waals surface area contributed by atoms with Crippen LogP contribution in [-0.2, 0) is 6.54 Å². The van der Waals surface area contributed by atoms with Crippen molar-refractivity contribution in [1.82, 2.24) is 19.4 Å². The van der Waals surface area contributed by atoms with E-state index in [0.29, 0.717) is 19.2 Å². The van der Waals surface area contributed by atoms with E-state index < -0.39 is 0 Å². The standard InChI is InChI=1S/C24H34N6O/c1-4-31-23-10-9-18(3)26-21(23)16-30-22-8-6-5-7-20(22)28-24(30)27-19-11-13-29(14-12-19)15-17(2)25/h5-10,17,19H,4,11-16,25H2,1-3H3,(H,27,28). The number of aromatic nitrogens is 3. The fourth-order valence-corrected chi connectivity index (χ4v) is 4.34. The zero-order valence-corrected chi connectivity index (χ0v) is 18.8. The lowest BCUT2D eigenvalue weighted by atomic mass is 10.0. The van der Waals surface area contributed by atoms with E-state index >= 15 is 0 Å². The number of nitrogens with zero attached hydrogens (tertiary/aromatic N) is 4. The third-order valence-electron chi connectivity index (χ3n) is 5.80. The van der Waals surface area contributed by atoms with E-state index in [2.05, 4.69) is 39.9 Å². The lowest BCUT2D eigenvalue weighted by molar-refractivity contribution is 0.210. The average Bonchev–Trinajstić information content (AvgIpc) is 3.08. The fourth-order valence-electron chi connectivity index (χ4n) is 4.34. The smallest absolute Gasteiger partial charge is 0.204 e. The molecule has 0 bridgehead atoms. The summed E-state index contributed by atoms with van der Waals surface area (Å²) in [4.78, 5) is 12.2. The minimum absolute atomic E-state index is 0.218. The van der Waals surface area contributed by atoms with E-state index in [0.717, 1.165) is 66.6 Å². The number of ether oxygens (including phenoxy) is 1. The van der Waals surface area contributed by atoms with Gasteiger partial charge in [-0.25, -0.2) is 4.98 Å². The molecule has 1 unspecified atom stereocenters. The van der Waals surface area contributed by atoms with Crippen molar-refractivity contribution >= 4 is 17.0 Å². The maximum Gasteiger partial charge on any atom is 0.204 e. The predicted octanol–water partition coefficient (Wildman–Crippen LogP) is 3.41. The molecule has 0 radical (unpaired) electrons. The second kappa shape index (κ2) is 9.66. The van der Waals surface area contributed by atoms with Crippen molar-refractivity contribution in [3.63, 3.8) is 0 Å². The largest absolute Gasteiger partial charge is 0.492 e. The van der Waals surface area contributed by atoms with Crippen LogP contribution in [0.3, 0.4) is 0 Å². The normalized spacial score (nSPS) is 16.5.